The predicted octanol–water partition coefficient (Wildman–Crippen LogP) is 1.15. The molecule has 0 radical (unpaired) electrons. The molecule has 1 unspecified atom stereocenters. The van der Waals surface area contributed by atoms with Gasteiger partial charge in [-0.05, 0) is 5.56 Å². The van der Waals surface area contributed by atoms with Crippen LogP contribution in [-0.2, 0) is 13.5 Å². The molecule has 2 rings (SSSR count). The van der Waals surface area contributed by atoms with Gasteiger partial charge in [0, 0.05) is 26.2 Å². The van der Waals surface area contributed by atoms with E-state index in [1.54, 1.807) is 24.1 Å². The molecule has 2 amide bonds. The molecule has 0 aliphatic rings. The predicted molar refractivity (Wildman–Crippen MR) is 76.4 cm³/mol. The van der Waals surface area contributed by atoms with Crippen molar-refractivity contribution in [2.24, 2.45) is 7.05 Å². The van der Waals surface area contributed by atoms with Gasteiger partial charge in [-0.1, -0.05) is 30.3 Å². The van der Waals surface area contributed by atoms with E-state index >= 15 is 0 Å². The number of aliphatic hydroxyl groups excluding tert-OH is 1. The monoisotopic (exact) mass is 274 g/mol. The van der Waals surface area contributed by atoms with Crippen molar-refractivity contribution >= 4 is 11.7 Å². The maximum atomic E-state index is 11.6. The summed E-state index contributed by atoms with van der Waals surface area (Å²) >= 11 is 0. The maximum Gasteiger partial charge on any atom is 0.319 e. The van der Waals surface area contributed by atoms with E-state index in [-0.39, 0.29) is 12.6 Å². The fourth-order valence-electron chi connectivity index (χ4n) is 1.83. The van der Waals surface area contributed by atoms with E-state index in [9.17, 15) is 9.90 Å². The van der Waals surface area contributed by atoms with Crippen LogP contribution in [0.1, 0.15) is 5.56 Å². The lowest BCUT2D eigenvalue weighted by Crippen LogP contribution is -2.36. The molecular weight excluding hydrogens is 256 g/mol. The first-order valence-corrected chi connectivity index (χ1v) is 6.39. The van der Waals surface area contributed by atoms with Crippen LogP contribution in [0.25, 0.3) is 0 Å². The number of hydrogen-bond donors (Lipinski definition) is 3. The molecule has 0 fully saturated rings. The first-order chi connectivity index (χ1) is 9.63. The molecule has 1 aromatic carbocycles. The van der Waals surface area contributed by atoms with E-state index in [0.717, 1.165) is 5.56 Å². The second-order valence-electron chi connectivity index (χ2n) is 4.58. The number of hydrogen-bond acceptors (Lipinski definition) is 3. The molecule has 0 saturated carbocycles. The van der Waals surface area contributed by atoms with Crippen LogP contribution in [0.4, 0.5) is 10.5 Å². The van der Waals surface area contributed by atoms with Gasteiger partial charge in [0.15, 0.2) is 0 Å². The summed E-state index contributed by atoms with van der Waals surface area (Å²) < 4.78 is 1.60. The van der Waals surface area contributed by atoms with Crippen LogP contribution in [0.15, 0.2) is 42.7 Å². The molecule has 0 aliphatic heterocycles. The molecule has 0 aliphatic carbocycles. The summed E-state index contributed by atoms with van der Waals surface area (Å²) in [5, 5.41) is 19.1. The Labute approximate surface area is 117 Å². The summed E-state index contributed by atoms with van der Waals surface area (Å²) in [4.78, 5) is 11.6. The Hall–Kier alpha value is -2.34. The van der Waals surface area contributed by atoms with Crippen molar-refractivity contribution in [2.75, 3.05) is 11.9 Å². The van der Waals surface area contributed by atoms with Crippen LogP contribution in [0.2, 0.25) is 0 Å². The maximum absolute atomic E-state index is 11.6. The van der Waals surface area contributed by atoms with E-state index in [2.05, 4.69) is 15.7 Å². The number of carbonyl (C=O) groups excluding carboxylic acids is 1. The molecule has 0 saturated heterocycles. The van der Waals surface area contributed by atoms with Crippen LogP contribution in [0.3, 0.4) is 0 Å². The molecule has 106 valence electrons. The number of benzene rings is 1. The number of anilines is 1. The third kappa shape index (κ3) is 4.40. The molecule has 1 heterocycles. The molecule has 2 aromatic rings. The highest BCUT2D eigenvalue weighted by molar-refractivity contribution is 5.88. The van der Waals surface area contributed by atoms with Gasteiger partial charge in [0.1, 0.15) is 0 Å². The van der Waals surface area contributed by atoms with Gasteiger partial charge in [0.2, 0.25) is 0 Å². The van der Waals surface area contributed by atoms with Crippen LogP contribution in [0.5, 0.6) is 0 Å². The van der Waals surface area contributed by atoms with Gasteiger partial charge in [0.05, 0.1) is 18.0 Å². The first-order valence-electron chi connectivity index (χ1n) is 6.39. The Kier molecular flexibility index (Phi) is 4.73. The zero-order chi connectivity index (χ0) is 14.4. The third-order valence-corrected chi connectivity index (χ3v) is 2.78. The highest BCUT2D eigenvalue weighted by Crippen LogP contribution is 2.04. The fraction of sp³-hybridized carbons (Fsp3) is 0.286. The lowest BCUT2D eigenvalue weighted by atomic mass is 10.1. The molecule has 0 spiro atoms. The smallest absolute Gasteiger partial charge is 0.319 e. The second-order valence-corrected chi connectivity index (χ2v) is 4.58. The zero-order valence-corrected chi connectivity index (χ0v) is 11.3. The third-order valence-electron chi connectivity index (χ3n) is 2.78. The van der Waals surface area contributed by atoms with Crippen molar-refractivity contribution in [1.82, 2.24) is 15.1 Å². The number of aliphatic hydroxyl groups is 1. The topological polar surface area (TPSA) is 79.2 Å². The van der Waals surface area contributed by atoms with Crippen molar-refractivity contribution < 1.29 is 9.90 Å². The van der Waals surface area contributed by atoms with E-state index < -0.39 is 6.10 Å². The first kappa shape index (κ1) is 14.1. The number of rotatable bonds is 5. The Balaban J connectivity index is 1.73. The Morgan fingerprint density at radius 1 is 1.40 bits per heavy atom. The molecule has 6 heteroatoms. The summed E-state index contributed by atoms with van der Waals surface area (Å²) in [6.07, 6.45) is 3.14. The highest BCUT2D eigenvalue weighted by atomic mass is 16.3. The minimum atomic E-state index is -0.614. The molecule has 1 aromatic heterocycles. The number of aromatic nitrogens is 2. The van der Waals surface area contributed by atoms with Crippen molar-refractivity contribution in [2.45, 2.75) is 12.5 Å². The minimum absolute atomic E-state index is 0.195. The average Bonchev–Trinajstić information content (AvgIpc) is 2.83. The van der Waals surface area contributed by atoms with Gasteiger partial charge in [0.25, 0.3) is 0 Å². The quantitative estimate of drug-likeness (QED) is 0.765. The van der Waals surface area contributed by atoms with E-state index in [1.165, 1.54) is 0 Å². The highest BCUT2D eigenvalue weighted by Gasteiger charge is 2.08. The normalized spacial score (nSPS) is 11.9. The van der Waals surface area contributed by atoms with Gasteiger partial charge in [-0.15, -0.1) is 0 Å². The van der Waals surface area contributed by atoms with Crippen LogP contribution < -0.4 is 10.6 Å². The summed E-state index contributed by atoms with van der Waals surface area (Å²) in [5.74, 6) is 0. The molecule has 0 bridgehead atoms. The molecular formula is C14H18N4O2. The summed E-state index contributed by atoms with van der Waals surface area (Å²) in [7, 11) is 1.77. The van der Waals surface area contributed by atoms with Crippen molar-refractivity contribution in [3.8, 4) is 0 Å². The molecule has 20 heavy (non-hydrogen) atoms. The lowest BCUT2D eigenvalue weighted by molar-refractivity contribution is 0.172. The van der Waals surface area contributed by atoms with E-state index in [1.807, 2.05) is 30.3 Å². The van der Waals surface area contributed by atoms with Gasteiger partial charge in [-0.25, -0.2) is 4.79 Å². The number of carbonyl (C=O) groups is 1. The fourth-order valence-corrected chi connectivity index (χ4v) is 1.83. The van der Waals surface area contributed by atoms with Gasteiger partial charge in [-0.2, -0.15) is 5.10 Å². The van der Waals surface area contributed by atoms with Crippen LogP contribution in [-0.4, -0.2) is 33.6 Å². The van der Waals surface area contributed by atoms with Crippen molar-refractivity contribution in [3.63, 3.8) is 0 Å². The number of amides is 2. The summed E-state index contributed by atoms with van der Waals surface area (Å²) in [6, 6.07) is 9.30. The van der Waals surface area contributed by atoms with Crippen molar-refractivity contribution in [1.29, 1.82) is 0 Å². The van der Waals surface area contributed by atoms with Crippen LogP contribution >= 0.6 is 0 Å². The molecule has 3 N–H and O–H groups in total. The van der Waals surface area contributed by atoms with E-state index in [4.69, 9.17) is 0 Å². The Bertz CT molecular complexity index is 553. The number of urea groups is 1. The molecule has 6 nitrogen and oxygen atoms in total. The Morgan fingerprint density at radius 2 is 2.15 bits per heavy atom. The number of nitrogens with zero attached hydrogens (tertiary/aromatic N) is 2. The zero-order valence-electron chi connectivity index (χ0n) is 11.3. The van der Waals surface area contributed by atoms with E-state index in [0.29, 0.717) is 12.1 Å². The largest absolute Gasteiger partial charge is 0.391 e. The van der Waals surface area contributed by atoms with Crippen LogP contribution in [0, 0.1) is 0 Å². The average molecular weight is 274 g/mol. The number of nitrogens with one attached hydrogen (secondary N) is 2. The number of aryl methyl sites for hydroxylation is 1. The standard InChI is InChI=1S/C14H18N4O2/c1-18-10-12(8-16-18)17-14(20)15-9-13(19)7-11-5-3-2-4-6-11/h2-6,8,10,13,19H,7,9H2,1H3,(H2,15,17,20). The van der Waals surface area contributed by atoms with Gasteiger partial charge < -0.3 is 15.7 Å². The van der Waals surface area contributed by atoms with Gasteiger partial charge >= 0.3 is 6.03 Å². The molecule has 1 atom stereocenters. The summed E-state index contributed by atoms with van der Waals surface area (Å²) in [6.45, 7) is 0.195. The second kappa shape index (κ2) is 6.72. The minimum Gasteiger partial charge on any atom is -0.391 e. The summed E-state index contributed by atoms with van der Waals surface area (Å²) in [5.41, 5.74) is 1.65. The SMILES string of the molecule is Cn1cc(NC(=O)NCC(O)Cc2ccccc2)cn1. The Morgan fingerprint density at radius 3 is 2.80 bits per heavy atom. The lowest BCUT2D eigenvalue weighted by Gasteiger charge is -2.12. The van der Waals surface area contributed by atoms with Gasteiger partial charge in [-0.3, -0.25) is 4.68 Å². The van der Waals surface area contributed by atoms with Crippen molar-refractivity contribution in [3.05, 3.63) is 48.3 Å².